The maximum absolute atomic E-state index is 3.87. The molecule has 11 heavy (non-hydrogen) atoms. The first-order valence-corrected chi connectivity index (χ1v) is 3.32. The monoisotopic (exact) mass is 151 g/mol. The van der Waals surface area contributed by atoms with Crippen LogP contribution in [-0.2, 0) is 0 Å². The van der Waals surface area contributed by atoms with Gasteiger partial charge in [0, 0.05) is 6.20 Å². The van der Waals surface area contributed by atoms with Crippen molar-refractivity contribution in [3.8, 4) is 0 Å². The molecule has 0 aromatic carbocycles. The van der Waals surface area contributed by atoms with Crippen molar-refractivity contribution in [2.75, 3.05) is 14.1 Å². The van der Waals surface area contributed by atoms with Crippen LogP contribution in [0.2, 0.25) is 0 Å². The Balaban J connectivity index is 0.000000292. The fraction of sp³-hybridized carbons (Fsp3) is 0.250. The van der Waals surface area contributed by atoms with E-state index in [4.69, 9.17) is 0 Å². The van der Waals surface area contributed by atoms with E-state index in [-0.39, 0.29) is 0 Å². The SMILES string of the molecule is C=Cc1ccncn1.CNC. The standard InChI is InChI=1S/C6H6N2.C2H7N/c1-2-6-3-4-7-5-8-6;1-3-2/h2-5H,1H2;3H,1-2H3. The van der Waals surface area contributed by atoms with E-state index in [9.17, 15) is 0 Å². The molecule has 1 N–H and O–H groups in total. The van der Waals surface area contributed by atoms with Crippen molar-refractivity contribution in [1.29, 1.82) is 0 Å². The molecule has 0 bridgehead atoms. The summed E-state index contributed by atoms with van der Waals surface area (Å²) in [6.45, 7) is 3.54. The van der Waals surface area contributed by atoms with Crippen molar-refractivity contribution in [3.05, 3.63) is 30.9 Å². The van der Waals surface area contributed by atoms with E-state index >= 15 is 0 Å². The fourth-order valence-corrected chi connectivity index (χ4v) is 0.422. The average Bonchev–Trinajstić information content (AvgIpc) is 2.08. The van der Waals surface area contributed by atoms with Crippen LogP contribution in [0.1, 0.15) is 5.69 Å². The number of aromatic nitrogens is 2. The molecule has 0 atom stereocenters. The van der Waals surface area contributed by atoms with Crippen molar-refractivity contribution < 1.29 is 0 Å². The Hall–Kier alpha value is -1.22. The van der Waals surface area contributed by atoms with E-state index in [1.54, 1.807) is 18.3 Å². The van der Waals surface area contributed by atoms with Gasteiger partial charge in [-0.15, -0.1) is 0 Å². The molecule has 60 valence electrons. The second-order valence-electron chi connectivity index (χ2n) is 1.84. The normalized spacial score (nSPS) is 7.82. The van der Waals surface area contributed by atoms with Gasteiger partial charge in [-0.1, -0.05) is 6.58 Å². The molecule has 0 saturated heterocycles. The van der Waals surface area contributed by atoms with Gasteiger partial charge in [-0.25, -0.2) is 9.97 Å². The summed E-state index contributed by atoms with van der Waals surface area (Å²) < 4.78 is 0. The smallest absolute Gasteiger partial charge is 0.115 e. The first-order valence-electron chi connectivity index (χ1n) is 3.32. The van der Waals surface area contributed by atoms with Crippen LogP contribution in [0.25, 0.3) is 6.08 Å². The van der Waals surface area contributed by atoms with E-state index in [1.807, 2.05) is 14.1 Å². The third-order valence-electron chi connectivity index (χ3n) is 0.814. The lowest BCUT2D eigenvalue weighted by atomic mass is 10.4. The number of nitrogens with one attached hydrogen (secondary N) is 1. The highest BCUT2D eigenvalue weighted by atomic mass is 14.8. The zero-order chi connectivity index (χ0) is 8.53. The summed E-state index contributed by atoms with van der Waals surface area (Å²) in [7, 11) is 3.75. The average molecular weight is 151 g/mol. The van der Waals surface area contributed by atoms with Gasteiger partial charge in [0.05, 0.1) is 5.69 Å². The lowest BCUT2D eigenvalue weighted by Gasteiger charge is -1.83. The molecule has 0 unspecified atom stereocenters. The Labute approximate surface area is 67.2 Å². The highest BCUT2D eigenvalue weighted by Gasteiger charge is 1.78. The van der Waals surface area contributed by atoms with Crippen LogP contribution < -0.4 is 5.32 Å². The highest BCUT2D eigenvalue weighted by molar-refractivity contribution is 5.39. The van der Waals surface area contributed by atoms with Gasteiger partial charge in [0.25, 0.3) is 0 Å². The summed E-state index contributed by atoms with van der Waals surface area (Å²) >= 11 is 0. The molecule has 1 rings (SSSR count). The van der Waals surface area contributed by atoms with E-state index in [0.717, 1.165) is 5.69 Å². The molecule has 3 nitrogen and oxygen atoms in total. The van der Waals surface area contributed by atoms with Gasteiger partial charge in [-0.3, -0.25) is 0 Å². The van der Waals surface area contributed by atoms with Crippen LogP contribution in [0.3, 0.4) is 0 Å². The number of nitrogens with zero attached hydrogens (tertiary/aromatic N) is 2. The van der Waals surface area contributed by atoms with Crippen molar-refractivity contribution in [3.63, 3.8) is 0 Å². The molecular weight excluding hydrogens is 138 g/mol. The summed E-state index contributed by atoms with van der Waals surface area (Å²) in [5.41, 5.74) is 0.861. The Kier molecular flexibility index (Phi) is 6.13. The van der Waals surface area contributed by atoms with Crippen molar-refractivity contribution in [1.82, 2.24) is 15.3 Å². The Morgan fingerprint density at radius 1 is 1.55 bits per heavy atom. The van der Waals surface area contributed by atoms with Crippen LogP contribution in [-0.4, -0.2) is 24.1 Å². The molecule has 0 fully saturated rings. The number of hydrogen-bond donors (Lipinski definition) is 1. The third-order valence-corrected chi connectivity index (χ3v) is 0.814. The molecule has 0 aliphatic carbocycles. The molecule has 1 aromatic heterocycles. The second-order valence-corrected chi connectivity index (χ2v) is 1.84. The largest absolute Gasteiger partial charge is 0.323 e. The number of rotatable bonds is 1. The summed E-state index contributed by atoms with van der Waals surface area (Å²) in [6.07, 6.45) is 4.86. The first-order chi connectivity index (χ1) is 5.35. The Morgan fingerprint density at radius 3 is 2.45 bits per heavy atom. The predicted octanol–water partition coefficient (Wildman–Crippen LogP) is 0.955. The quantitative estimate of drug-likeness (QED) is 0.649. The van der Waals surface area contributed by atoms with Gasteiger partial charge in [0.15, 0.2) is 0 Å². The molecular formula is C8H13N3. The van der Waals surface area contributed by atoms with Gasteiger partial charge in [-0.2, -0.15) is 0 Å². The number of hydrogen-bond acceptors (Lipinski definition) is 3. The van der Waals surface area contributed by atoms with E-state index in [2.05, 4.69) is 21.9 Å². The minimum absolute atomic E-state index is 0.861. The zero-order valence-corrected chi connectivity index (χ0v) is 6.91. The van der Waals surface area contributed by atoms with Gasteiger partial charge in [-0.05, 0) is 26.2 Å². The van der Waals surface area contributed by atoms with Crippen LogP contribution in [0.15, 0.2) is 25.2 Å². The Morgan fingerprint density at radius 2 is 2.18 bits per heavy atom. The zero-order valence-electron chi connectivity index (χ0n) is 6.91. The molecule has 0 saturated carbocycles. The van der Waals surface area contributed by atoms with Crippen LogP contribution in [0, 0.1) is 0 Å². The summed E-state index contributed by atoms with van der Waals surface area (Å²) in [4.78, 5) is 7.60. The minimum Gasteiger partial charge on any atom is -0.323 e. The van der Waals surface area contributed by atoms with Gasteiger partial charge in [0.1, 0.15) is 6.33 Å². The topological polar surface area (TPSA) is 37.8 Å². The molecule has 0 radical (unpaired) electrons. The molecule has 0 spiro atoms. The van der Waals surface area contributed by atoms with Crippen molar-refractivity contribution >= 4 is 6.08 Å². The van der Waals surface area contributed by atoms with Gasteiger partial charge >= 0.3 is 0 Å². The fourth-order valence-electron chi connectivity index (χ4n) is 0.422. The second kappa shape index (κ2) is 6.89. The molecule has 1 heterocycles. The maximum Gasteiger partial charge on any atom is 0.115 e. The molecule has 0 amide bonds. The van der Waals surface area contributed by atoms with Gasteiger partial charge < -0.3 is 5.32 Å². The summed E-state index contributed by atoms with van der Waals surface area (Å²) in [6, 6.07) is 1.80. The van der Waals surface area contributed by atoms with E-state index < -0.39 is 0 Å². The minimum atomic E-state index is 0.861. The summed E-state index contributed by atoms with van der Waals surface area (Å²) in [5.74, 6) is 0. The molecule has 0 aliphatic heterocycles. The third kappa shape index (κ3) is 5.24. The molecule has 1 aromatic rings. The lowest BCUT2D eigenvalue weighted by Crippen LogP contribution is -1.89. The highest BCUT2D eigenvalue weighted by Crippen LogP contribution is 1.89. The molecule has 0 aliphatic rings. The van der Waals surface area contributed by atoms with Crippen LogP contribution in [0.5, 0.6) is 0 Å². The van der Waals surface area contributed by atoms with Crippen LogP contribution >= 0.6 is 0 Å². The van der Waals surface area contributed by atoms with Gasteiger partial charge in [0.2, 0.25) is 0 Å². The van der Waals surface area contributed by atoms with E-state index in [1.165, 1.54) is 6.33 Å². The van der Waals surface area contributed by atoms with E-state index in [0.29, 0.717) is 0 Å². The molecule has 3 heteroatoms. The maximum atomic E-state index is 3.87. The van der Waals surface area contributed by atoms with Crippen molar-refractivity contribution in [2.24, 2.45) is 0 Å². The summed E-state index contributed by atoms with van der Waals surface area (Å²) in [5, 5.41) is 2.75. The Bertz CT molecular complexity index is 184. The lowest BCUT2D eigenvalue weighted by molar-refractivity contribution is 1.02. The van der Waals surface area contributed by atoms with Crippen LogP contribution in [0.4, 0.5) is 0 Å². The predicted molar refractivity (Wildman–Crippen MR) is 47.1 cm³/mol. The van der Waals surface area contributed by atoms with Crippen molar-refractivity contribution in [2.45, 2.75) is 0 Å². The first kappa shape index (κ1) is 9.78.